The molecule has 0 saturated heterocycles. The van der Waals surface area contributed by atoms with Crippen molar-refractivity contribution in [2.75, 3.05) is 7.11 Å². The summed E-state index contributed by atoms with van der Waals surface area (Å²) in [5.74, 6) is 0. The average Bonchev–Trinajstić information content (AvgIpc) is 1.46. The molecule has 0 heterocycles. The van der Waals surface area contributed by atoms with Gasteiger partial charge in [0.05, 0.1) is 0 Å². The van der Waals surface area contributed by atoms with E-state index in [0.717, 1.165) is 20.2 Å². The van der Waals surface area contributed by atoms with Crippen LogP contribution in [-0.2, 0) is 13.1 Å². The van der Waals surface area contributed by atoms with Crippen LogP contribution in [-0.4, -0.2) is 12.2 Å². The van der Waals surface area contributed by atoms with Gasteiger partial charge in [0.25, 0.3) is 0 Å². The Morgan fingerprint density at radius 2 is 1.40 bits per heavy atom. The minimum absolute atomic E-state index is 0.757. The summed E-state index contributed by atoms with van der Waals surface area (Å²) in [4.78, 5) is 0. The van der Waals surface area contributed by atoms with Crippen molar-refractivity contribution in [1.82, 2.24) is 0 Å². The van der Waals surface area contributed by atoms with E-state index >= 15 is 0 Å². The summed E-state index contributed by atoms with van der Waals surface area (Å²) in [7, 11) is 10.3. The van der Waals surface area contributed by atoms with Gasteiger partial charge < -0.3 is 5.11 Å². The standard InChI is InChI=1S/CH4O.2ClH.Cu/c1-2;;;/h2H,1H3;2*1H;/q;;;+2/p-2. The predicted molar refractivity (Wildman–Crippen MR) is 19.8 cm³/mol. The van der Waals surface area contributed by atoms with Crippen molar-refractivity contribution < 1.29 is 18.2 Å². The molecule has 1 N–H and O–H groups in total. The fraction of sp³-hybridized carbons (Fsp3) is 1.00. The van der Waals surface area contributed by atoms with Crippen molar-refractivity contribution in [3.05, 3.63) is 0 Å². The van der Waals surface area contributed by atoms with Gasteiger partial charge in [0.2, 0.25) is 0 Å². The van der Waals surface area contributed by atoms with Crippen LogP contribution in [0.25, 0.3) is 0 Å². The van der Waals surface area contributed by atoms with Crippen LogP contribution in [0.4, 0.5) is 0 Å². The van der Waals surface area contributed by atoms with Crippen molar-refractivity contribution in [1.29, 1.82) is 0 Å². The van der Waals surface area contributed by atoms with E-state index in [1.54, 1.807) is 0 Å². The van der Waals surface area contributed by atoms with Crippen LogP contribution >= 0.6 is 20.2 Å². The summed E-state index contributed by atoms with van der Waals surface area (Å²) >= 11 is 0.757. The fourth-order valence-corrected chi connectivity index (χ4v) is 0. The first-order valence-corrected chi connectivity index (χ1v) is 3.27. The zero-order valence-electron chi connectivity index (χ0n) is 2.50. The van der Waals surface area contributed by atoms with Crippen LogP contribution in [0.2, 0.25) is 0 Å². The Balaban J connectivity index is 0. The Morgan fingerprint density at radius 3 is 1.40 bits per heavy atom. The quantitative estimate of drug-likeness (QED) is 0.532. The molecular formula is CH4Cl2CuO. The van der Waals surface area contributed by atoms with Gasteiger partial charge in [-0.05, 0) is 0 Å². The number of hydrogen-bond acceptors (Lipinski definition) is 1. The van der Waals surface area contributed by atoms with E-state index in [0.29, 0.717) is 0 Å². The van der Waals surface area contributed by atoms with Crippen molar-refractivity contribution in [3.8, 4) is 0 Å². The van der Waals surface area contributed by atoms with Crippen LogP contribution in [0.15, 0.2) is 0 Å². The van der Waals surface area contributed by atoms with Gasteiger partial charge in [0.1, 0.15) is 0 Å². The molecule has 0 radical (unpaired) electrons. The molecule has 0 aromatic carbocycles. The van der Waals surface area contributed by atoms with Gasteiger partial charge >= 0.3 is 33.3 Å². The molecule has 0 aliphatic carbocycles. The molecule has 0 unspecified atom stereocenters. The number of aliphatic hydroxyl groups excluding tert-OH is 1. The molecule has 4 heteroatoms. The third-order valence-corrected chi connectivity index (χ3v) is 0. The van der Waals surface area contributed by atoms with Gasteiger partial charge in [-0.1, -0.05) is 0 Å². The van der Waals surface area contributed by atoms with Gasteiger partial charge in [0, 0.05) is 7.11 Å². The fourth-order valence-electron chi connectivity index (χ4n) is 0. The molecule has 0 atom stereocenters. The number of hydrogen-bond donors (Lipinski definition) is 1. The Labute approximate surface area is 45.9 Å². The van der Waals surface area contributed by atoms with Crippen LogP contribution in [0.5, 0.6) is 0 Å². The van der Waals surface area contributed by atoms with Crippen LogP contribution < -0.4 is 0 Å². The maximum atomic E-state index is 7.00. The maximum absolute atomic E-state index is 7.00. The summed E-state index contributed by atoms with van der Waals surface area (Å²) in [6, 6.07) is 0. The molecule has 0 fully saturated rings. The van der Waals surface area contributed by atoms with Crippen LogP contribution in [0.3, 0.4) is 0 Å². The molecule has 0 aromatic heterocycles. The zero-order chi connectivity index (χ0) is 4.71. The second kappa shape index (κ2) is 19.7. The molecule has 0 amide bonds. The first-order valence-electron chi connectivity index (χ1n) is 0.675. The normalized spacial score (nSPS) is 5.60. The monoisotopic (exact) mass is 165 g/mol. The van der Waals surface area contributed by atoms with Crippen molar-refractivity contribution in [3.63, 3.8) is 0 Å². The Bertz CT molecular complexity index is 9.61. The molecule has 1 nitrogen and oxygen atoms in total. The number of rotatable bonds is 0. The van der Waals surface area contributed by atoms with Crippen LogP contribution in [0.1, 0.15) is 0 Å². The first-order chi connectivity index (χ1) is 2.41. The topological polar surface area (TPSA) is 20.2 Å². The SMILES string of the molecule is CO.[Cl][Cu][Cl]. The van der Waals surface area contributed by atoms with E-state index in [-0.39, 0.29) is 0 Å². The Kier molecular flexibility index (Phi) is 37.0. The molecule has 0 aliphatic rings. The Hall–Kier alpha value is 1.06. The summed E-state index contributed by atoms with van der Waals surface area (Å²) < 4.78 is 0. The molecule has 0 rings (SSSR count). The second-order valence-corrected chi connectivity index (χ2v) is 1.60. The van der Waals surface area contributed by atoms with Crippen molar-refractivity contribution >= 4 is 20.2 Å². The predicted octanol–water partition coefficient (Wildman–Crippen LogP) is 0.985. The molecule has 5 heavy (non-hydrogen) atoms. The minimum atomic E-state index is 0.757. The van der Waals surface area contributed by atoms with Gasteiger partial charge in [-0.25, -0.2) is 0 Å². The number of aliphatic hydroxyl groups is 1. The van der Waals surface area contributed by atoms with E-state index in [4.69, 9.17) is 5.11 Å². The van der Waals surface area contributed by atoms with Gasteiger partial charge in [-0.3, -0.25) is 0 Å². The second-order valence-electron chi connectivity index (χ2n) is 0.0431. The molecule has 0 aliphatic heterocycles. The van der Waals surface area contributed by atoms with Crippen molar-refractivity contribution in [2.24, 2.45) is 0 Å². The zero-order valence-corrected chi connectivity index (χ0v) is 4.96. The molecule has 0 aromatic rings. The van der Waals surface area contributed by atoms with Gasteiger partial charge in [-0.15, -0.1) is 0 Å². The summed E-state index contributed by atoms with van der Waals surface area (Å²) in [6.07, 6.45) is 0. The van der Waals surface area contributed by atoms with E-state index in [9.17, 15) is 0 Å². The summed E-state index contributed by atoms with van der Waals surface area (Å²) in [5, 5.41) is 7.00. The summed E-state index contributed by atoms with van der Waals surface area (Å²) in [5.41, 5.74) is 0. The molecule has 0 spiro atoms. The van der Waals surface area contributed by atoms with Gasteiger partial charge in [-0.2, -0.15) is 0 Å². The van der Waals surface area contributed by atoms with E-state index < -0.39 is 0 Å². The summed E-state index contributed by atoms with van der Waals surface area (Å²) in [6.45, 7) is 0. The van der Waals surface area contributed by atoms with Crippen molar-refractivity contribution in [2.45, 2.75) is 0 Å². The van der Waals surface area contributed by atoms with Gasteiger partial charge in [0.15, 0.2) is 0 Å². The average molecular weight is 166 g/mol. The van der Waals surface area contributed by atoms with E-state index in [2.05, 4.69) is 20.2 Å². The number of halogens is 2. The Morgan fingerprint density at radius 1 is 1.40 bits per heavy atom. The van der Waals surface area contributed by atoms with E-state index in [1.807, 2.05) is 0 Å². The molecular weight excluding hydrogens is 162 g/mol. The third kappa shape index (κ3) is 42.2. The molecule has 0 bridgehead atoms. The van der Waals surface area contributed by atoms with E-state index in [1.165, 1.54) is 0 Å². The van der Waals surface area contributed by atoms with Crippen LogP contribution in [0, 0.1) is 0 Å². The third-order valence-electron chi connectivity index (χ3n) is 0. The first kappa shape index (κ1) is 9.41. The molecule has 39 valence electrons. The molecule has 0 saturated carbocycles.